The van der Waals surface area contributed by atoms with Crippen LogP contribution in [0.5, 0.6) is 0 Å². The zero-order valence-corrected chi connectivity index (χ0v) is 83.7. The number of benzene rings is 16. The van der Waals surface area contributed by atoms with Crippen molar-refractivity contribution in [3.05, 3.63) is 371 Å². The molecule has 6 nitrogen and oxygen atoms in total. The largest absolute Gasteiger partial charge is 1.00 e. The molecule has 36 rings (SSSR count). The number of aryl methyl sites for hydroxylation is 2. The van der Waals surface area contributed by atoms with Gasteiger partial charge in [0.25, 0.3) is 0 Å². The van der Waals surface area contributed by atoms with E-state index < -0.39 is 56.0 Å². The fourth-order valence-corrected chi connectivity index (χ4v) is 61.7. The Hall–Kier alpha value is -10.9. The molecule has 0 N–H and O–H groups in total. The average Bonchev–Trinajstić information content (AvgIpc) is 1.36. The first kappa shape index (κ1) is 82.2. The minimum atomic E-state index is -2.30. The van der Waals surface area contributed by atoms with E-state index in [1.165, 1.54) is 242 Å². The van der Waals surface area contributed by atoms with E-state index in [-0.39, 0.29) is 58.6 Å². The molecule has 0 atom stereocenters. The van der Waals surface area contributed by atoms with Gasteiger partial charge in [0.05, 0.1) is 11.0 Å². The van der Waals surface area contributed by atoms with Crippen LogP contribution in [0.25, 0.3) is 110 Å². The van der Waals surface area contributed by atoms with E-state index in [0.717, 1.165) is 37.3 Å². The minimum absolute atomic E-state index is 0. The molecule has 4 bridgehead atoms. The van der Waals surface area contributed by atoms with Crippen molar-refractivity contribution in [3.63, 3.8) is 0 Å². The molecule has 0 saturated carbocycles. The Morgan fingerprint density at radius 3 is 1.12 bits per heavy atom. The number of para-hydroxylation sites is 6. The predicted molar refractivity (Wildman–Crippen MR) is 605 cm³/mol. The smallest absolute Gasteiger partial charge is 0.247 e. The first-order valence-electron chi connectivity index (χ1n) is 49.0. The standard InChI is InChI=1S/2C28H22BN.2C27H21B5FIN2P.2FH/c1-17-15-21-26-25(16-17)30-24-14-7-4-9-18(24)19-10-8-13-23(27(19)30)29(26)22-12-6-5-11-20(22)28(21,2)3;1-17-15-16-21-25-26(17)30-24-14-7-4-9-18(24)19-10-8-13-23(27(19)30)29(25)22-12-6-5-11-20(22)28(21,2)3;1-27(2)17-9-3-4-11-19(17)29-20-12-5-8-16-24-21(36(26(16)20)22-14-6-10-18(27)25(22)29)13-7-15-23(24)37(35-34-33)30-28-31(37)32(30)37;1-27(2)19-8-3-4-10-21(19)29-22-11-5-7-17-18-15-16(37(35-34-33)30-28-31(37)32(30)37)13-14-23(18)36(26(17)22)24-12-6-9-20(27)25(24)29;;/h2*4-16H,1-3H3;2*3-15H,28H2,1-2H3;2*1H/q;;2*-1;;/p-2. The summed E-state index contributed by atoms with van der Waals surface area (Å²) in [5, 5.41) is 13.7. The fourth-order valence-electron chi connectivity index (χ4n) is 33.0. The van der Waals surface area contributed by atoms with E-state index in [0.29, 0.717) is 13.4 Å². The molecule has 16 aromatic carbocycles. The summed E-state index contributed by atoms with van der Waals surface area (Å²) in [6, 6.07) is 119. The third-order valence-corrected chi connectivity index (χ3v) is 61.5. The summed E-state index contributed by atoms with van der Waals surface area (Å²) in [6.07, 6.45) is 0.458. The van der Waals surface area contributed by atoms with Crippen LogP contribution in [0.2, 0.25) is 0 Å². The van der Waals surface area contributed by atoms with Gasteiger partial charge >= 0.3 is 458 Å². The van der Waals surface area contributed by atoms with Crippen LogP contribution in [0.4, 0.5) is 5.72 Å². The maximum Gasteiger partial charge on any atom is 0.247 e. The fraction of sp³-hybridized carbons (Fsp3) is 0.127. The third kappa shape index (κ3) is 9.11. The summed E-state index contributed by atoms with van der Waals surface area (Å²) in [4.78, 5) is 0. The molecular formula is C110H86B12F4I2N6P2-4. The summed E-state index contributed by atoms with van der Waals surface area (Å²) in [6.45, 7) is 24.6. The molecule has 648 valence electrons. The van der Waals surface area contributed by atoms with Crippen molar-refractivity contribution in [2.45, 2.75) is 90.9 Å². The normalized spacial score (nSPS) is 19.0. The van der Waals surface area contributed by atoms with Crippen LogP contribution < -0.4 is 85.6 Å². The molecule has 26 heteroatoms. The molecule has 0 aliphatic carbocycles. The SMILES string of the molecule is CC1(C)c2ccccc2B2c3c(cccc31)-n1c3ccc(P45(N=IF)B6[BH2-]B4B65)cc3c3cccc2c31.CC1(C)c2ccccc2B2c3c(cccc31)-n1c3cccc(P45(N=IF)B6[BH2-]B4B65)c3c3cccc2c31.Cc1cc2c3c(c1)C(C)(C)c1ccccc1B3c1cccc3c4ccccc4n-2c13.Cc1ccc2c3c1-n1c4ccccc4c4cccc(c41)B3c1ccccc1C2(C)C.[F-].[F-]. The molecule has 136 heavy (non-hydrogen) atoms. The van der Waals surface area contributed by atoms with Gasteiger partial charge in [-0.1, -0.05) is 178 Å². The number of hydrogen-bond donors (Lipinski definition) is 0. The van der Waals surface area contributed by atoms with Gasteiger partial charge in [-0.05, 0) is 87.3 Å². The summed E-state index contributed by atoms with van der Waals surface area (Å²) in [5.41, 5.74) is 47.6. The van der Waals surface area contributed by atoms with Crippen molar-refractivity contribution in [1.82, 2.24) is 18.3 Å². The number of nitrogens with zero attached hydrogens (tertiary/aromatic N) is 6. The van der Waals surface area contributed by atoms with Gasteiger partial charge in [-0.15, -0.1) is 0 Å². The summed E-state index contributed by atoms with van der Waals surface area (Å²) in [7, 11) is 0.261. The van der Waals surface area contributed by atoms with Gasteiger partial charge in [-0.2, -0.15) is 0 Å². The number of rotatable bonds is 4. The maximum absolute atomic E-state index is 14.1. The average molecular weight is 2010 g/mol. The maximum atomic E-state index is 14.1. The number of halogens is 6. The summed E-state index contributed by atoms with van der Waals surface area (Å²) >= 11 is -3.04. The number of aromatic nitrogens is 4. The Morgan fingerprint density at radius 1 is 0.294 bits per heavy atom. The second kappa shape index (κ2) is 26.8. The summed E-state index contributed by atoms with van der Waals surface area (Å²) in [5.74, 6) is 0. The molecule has 20 heterocycles. The van der Waals surface area contributed by atoms with Gasteiger partial charge in [0.1, 0.15) is 0 Å². The van der Waals surface area contributed by atoms with E-state index in [2.05, 4.69) is 403 Å². The third-order valence-electron chi connectivity index (χ3n) is 38.9. The molecular weight excluding hydrogens is 1930 g/mol. The zero-order chi connectivity index (χ0) is 89.4. The van der Waals surface area contributed by atoms with Gasteiger partial charge in [0.15, 0.2) is 0 Å². The van der Waals surface area contributed by atoms with Gasteiger partial charge in [0, 0.05) is 54.8 Å². The van der Waals surface area contributed by atoms with Crippen molar-refractivity contribution >= 4 is 298 Å². The van der Waals surface area contributed by atoms with Crippen molar-refractivity contribution < 1.29 is 15.1 Å². The van der Waals surface area contributed by atoms with Crippen molar-refractivity contribution in [3.8, 4) is 22.7 Å². The molecule has 0 unspecified atom stereocenters. The van der Waals surface area contributed by atoms with Gasteiger partial charge in [0.2, 0.25) is 13.4 Å². The first-order valence-corrected chi connectivity index (χ1v) is 57.4. The second-order valence-electron chi connectivity index (χ2n) is 44.7. The predicted octanol–water partition coefficient (Wildman–Crippen LogP) is 10.6. The van der Waals surface area contributed by atoms with Crippen LogP contribution >= 0.6 is 56.0 Å². The summed E-state index contributed by atoms with van der Waals surface area (Å²) < 4.78 is 48.1. The van der Waals surface area contributed by atoms with Crippen LogP contribution in [0.3, 0.4) is 0 Å². The van der Waals surface area contributed by atoms with Gasteiger partial charge in [-0.25, -0.2) is 0 Å². The molecule has 0 amide bonds. The van der Waals surface area contributed by atoms with E-state index in [1.807, 2.05) is 0 Å². The molecule has 16 aliphatic rings. The van der Waals surface area contributed by atoms with Gasteiger partial charge in [-0.3, -0.25) is 0 Å². The molecule has 0 spiro atoms. The zero-order valence-electron chi connectivity index (χ0n) is 77.6. The number of hydrogen-bond acceptors (Lipinski definition) is 2. The van der Waals surface area contributed by atoms with Crippen molar-refractivity contribution in [2.24, 2.45) is 5.83 Å². The molecule has 16 aliphatic heterocycles. The van der Waals surface area contributed by atoms with E-state index in [4.69, 9.17) is 5.83 Å². The van der Waals surface area contributed by atoms with Crippen LogP contribution in [0.1, 0.15) is 111 Å². The van der Waals surface area contributed by atoms with Crippen molar-refractivity contribution in [2.75, 3.05) is 0 Å². The number of fused-ring (bicyclic) bond motifs is 28. The van der Waals surface area contributed by atoms with Crippen LogP contribution in [0, 0.1) is 13.8 Å². The van der Waals surface area contributed by atoms with E-state index in [1.54, 1.807) is 0 Å². The van der Waals surface area contributed by atoms with Gasteiger partial charge < -0.3 is 18.5 Å². The van der Waals surface area contributed by atoms with Crippen LogP contribution in [-0.2, 0) is 21.7 Å². The Labute approximate surface area is 814 Å². The van der Waals surface area contributed by atoms with Crippen LogP contribution in [-0.4, -0.2) is 96.5 Å². The molecule has 8 saturated heterocycles. The molecule has 20 aromatic rings. The molecule has 0 radical (unpaired) electrons. The Morgan fingerprint density at radius 2 is 0.640 bits per heavy atom. The Kier molecular flexibility index (Phi) is 16.2. The van der Waals surface area contributed by atoms with E-state index >= 15 is 0 Å². The Bertz CT molecular complexity index is 9100. The molecule has 4 aromatic heterocycles. The monoisotopic (exact) mass is 2010 g/mol. The topological polar surface area (TPSA) is 44.4 Å². The first-order chi connectivity index (χ1) is 65.2. The second-order valence-corrected chi connectivity index (χ2v) is 58.9. The minimum Gasteiger partial charge on any atom is -1.00 e. The van der Waals surface area contributed by atoms with Crippen molar-refractivity contribution in [1.29, 1.82) is 0 Å². The molecule has 8 fully saturated rings. The van der Waals surface area contributed by atoms with Crippen LogP contribution in [0.15, 0.2) is 321 Å². The van der Waals surface area contributed by atoms with E-state index in [9.17, 15) is 5.72 Å². The Balaban J connectivity index is 0.0000000879. The quantitative estimate of drug-likeness (QED) is 0.0730.